The highest BCUT2D eigenvalue weighted by molar-refractivity contribution is 9.10. The molecule has 0 unspecified atom stereocenters. The second kappa shape index (κ2) is 6.05. The number of halogens is 2. The maximum atomic E-state index is 12.9. The number of amides is 1. The van der Waals surface area contributed by atoms with E-state index in [-0.39, 0.29) is 17.2 Å². The van der Waals surface area contributed by atoms with Gasteiger partial charge in [0, 0.05) is 24.1 Å². The quantitative estimate of drug-likeness (QED) is 0.930. The summed E-state index contributed by atoms with van der Waals surface area (Å²) in [7, 11) is 1.63. The average Bonchev–Trinajstić information content (AvgIpc) is 2.40. The Kier molecular flexibility index (Phi) is 4.39. The Balaban J connectivity index is 2.19. The third-order valence-corrected chi connectivity index (χ3v) is 3.68. The topological polar surface area (TPSA) is 40.5 Å². The Morgan fingerprint density at radius 1 is 1.30 bits per heavy atom. The van der Waals surface area contributed by atoms with E-state index >= 15 is 0 Å². The molecule has 0 bridgehead atoms. The van der Waals surface area contributed by atoms with Crippen LogP contribution in [0.25, 0.3) is 0 Å². The van der Waals surface area contributed by atoms with E-state index in [1.54, 1.807) is 7.05 Å². The maximum absolute atomic E-state index is 12.9. The van der Waals surface area contributed by atoms with Gasteiger partial charge in [-0.15, -0.1) is 0 Å². The normalized spacial score (nSPS) is 10.3. The SMILES string of the molecule is CN(Cc1ccccc1Br)C(=O)c1ccc(F)cc1O. The van der Waals surface area contributed by atoms with Crippen LogP contribution in [0.2, 0.25) is 0 Å². The number of hydrogen-bond donors (Lipinski definition) is 1. The molecule has 20 heavy (non-hydrogen) atoms. The van der Waals surface area contributed by atoms with Crippen molar-refractivity contribution in [2.45, 2.75) is 6.54 Å². The second-order valence-electron chi connectivity index (χ2n) is 4.41. The van der Waals surface area contributed by atoms with Crippen LogP contribution in [-0.4, -0.2) is 23.0 Å². The molecule has 2 aromatic rings. The fourth-order valence-corrected chi connectivity index (χ4v) is 2.26. The standard InChI is InChI=1S/C15H13BrFNO2/c1-18(9-10-4-2-3-5-13(10)16)15(20)12-7-6-11(17)8-14(12)19/h2-8,19H,9H2,1H3. The summed E-state index contributed by atoms with van der Waals surface area (Å²) in [4.78, 5) is 13.7. The minimum Gasteiger partial charge on any atom is -0.507 e. The molecule has 0 spiro atoms. The van der Waals surface area contributed by atoms with Crippen molar-refractivity contribution in [2.75, 3.05) is 7.05 Å². The summed E-state index contributed by atoms with van der Waals surface area (Å²) < 4.78 is 13.8. The Morgan fingerprint density at radius 3 is 2.65 bits per heavy atom. The highest BCUT2D eigenvalue weighted by atomic mass is 79.9. The predicted molar refractivity (Wildman–Crippen MR) is 78.0 cm³/mol. The number of carbonyl (C=O) groups is 1. The van der Waals surface area contributed by atoms with Gasteiger partial charge in [-0.2, -0.15) is 0 Å². The molecule has 0 fully saturated rings. The number of nitrogens with zero attached hydrogens (tertiary/aromatic N) is 1. The van der Waals surface area contributed by atoms with E-state index < -0.39 is 5.82 Å². The first-order chi connectivity index (χ1) is 9.49. The number of benzene rings is 2. The van der Waals surface area contributed by atoms with Gasteiger partial charge in [0.05, 0.1) is 5.56 Å². The lowest BCUT2D eigenvalue weighted by molar-refractivity contribution is 0.0781. The third kappa shape index (κ3) is 3.17. The first kappa shape index (κ1) is 14.5. The summed E-state index contributed by atoms with van der Waals surface area (Å²) in [5.41, 5.74) is 1.03. The van der Waals surface area contributed by atoms with Gasteiger partial charge >= 0.3 is 0 Å². The minimum absolute atomic E-state index is 0.0842. The Morgan fingerprint density at radius 2 is 2.00 bits per heavy atom. The fraction of sp³-hybridized carbons (Fsp3) is 0.133. The van der Waals surface area contributed by atoms with Gasteiger partial charge in [-0.25, -0.2) is 4.39 Å². The summed E-state index contributed by atoms with van der Waals surface area (Å²) in [5.74, 6) is -1.29. The van der Waals surface area contributed by atoms with Crippen LogP contribution in [0.3, 0.4) is 0 Å². The second-order valence-corrected chi connectivity index (χ2v) is 5.27. The predicted octanol–water partition coefficient (Wildman–Crippen LogP) is 3.57. The third-order valence-electron chi connectivity index (χ3n) is 2.90. The highest BCUT2D eigenvalue weighted by Gasteiger charge is 2.17. The molecule has 2 rings (SSSR count). The van der Waals surface area contributed by atoms with E-state index in [0.29, 0.717) is 6.54 Å². The Labute approximate surface area is 124 Å². The van der Waals surface area contributed by atoms with Crippen LogP contribution in [0.5, 0.6) is 5.75 Å². The number of carbonyl (C=O) groups excluding carboxylic acids is 1. The van der Waals surface area contributed by atoms with E-state index in [2.05, 4.69) is 15.9 Å². The monoisotopic (exact) mass is 337 g/mol. The zero-order valence-corrected chi connectivity index (χ0v) is 12.4. The van der Waals surface area contributed by atoms with E-state index in [0.717, 1.165) is 22.2 Å². The molecule has 0 aliphatic heterocycles. The van der Waals surface area contributed by atoms with Gasteiger partial charge < -0.3 is 10.0 Å². The van der Waals surface area contributed by atoms with Crippen LogP contribution in [-0.2, 0) is 6.54 Å². The lowest BCUT2D eigenvalue weighted by Gasteiger charge is -2.18. The van der Waals surface area contributed by atoms with Gasteiger partial charge in [0.15, 0.2) is 0 Å². The van der Waals surface area contributed by atoms with E-state index in [4.69, 9.17) is 0 Å². The number of hydrogen-bond acceptors (Lipinski definition) is 2. The van der Waals surface area contributed by atoms with E-state index in [1.807, 2.05) is 24.3 Å². The van der Waals surface area contributed by atoms with Crippen molar-refractivity contribution in [3.63, 3.8) is 0 Å². The average molecular weight is 338 g/mol. The molecule has 2 aromatic carbocycles. The molecule has 5 heteroatoms. The lowest BCUT2D eigenvalue weighted by atomic mass is 10.1. The molecule has 0 aliphatic rings. The number of phenols is 1. The van der Waals surface area contributed by atoms with Crippen LogP contribution < -0.4 is 0 Å². The van der Waals surface area contributed by atoms with E-state index in [1.165, 1.54) is 11.0 Å². The summed E-state index contributed by atoms with van der Waals surface area (Å²) in [6, 6.07) is 10.9. The molecule has 0 radical (unpaired) electrons. The van der Waals surface area contributed by atoms with Gasteiger partial charge in [0.1, 0.15) is 11.6 Å². The minimum atomic E-state index is -0.576. The van der Waals surface area contributed by atoms with Crippen molar-refractivity contribution in [3.05, 3.63) is 63.9 Å². The first-order valence-corrected chi connectivity index (χ1v) is 6.75. The molecule has 0 saturated carbocycles. The van der Waals surface area contributed by atoms with Crippen LogP contribution >= 0.6 is 15.9 Å². The summed E-state index contributed by atoms with van der Waals surface area (Å²) in [6.07, 6.45) is 0. The largest absolute Gasteiger partial charge is 0.507 e. The first-order valence-electron chi connectivity index (χ1n) is 5.96. The molecule has 1 N–H and O–H groups in total. The van der Waals surface area contributed by atoms with Crippen molar-refractivity contribution in [1.82, 2.24) is 4.90 Å². The molecular formula is C15H13BrFNO2. The van der Waals surface area contributed by atoms with Crippen LogP contribution in [0.4, 0.5) is 4.39 Å². The van der Waals surface area contributed by atoms with Crippen LogP contribution in [0.15, 0.2) is 46.9 Å². The van der Waals surface area contributed by atoms with Crippen molar-refractivity contribution in [1.29, 1.82) is 0 Å². The molecule has 3 nitrogen and oxygen atoms in total. The molecule has 0 atom stereocenters. The fourth-order valence-electron chi connectivity index (χ4n) is 1.85. The zero-order valence-electron chi connectivity index (χ0n) is 10.8. The van der Waals surface area contributed by atoms with Gasteiger partial charge in [-0.05, 0) is 23.8 Å². The summed E-state index contributed by atoms with van der Waals surface area (Å²) in [6.45, 7) is 0.386. The molecule has 104 valence electrons. The molecule has 0 heterocycles. The molecule has 0 aliphatic carbocycles. The Bertz CT molecular complexity index is 646. The molecule has 1 amide bonds. The van der Waals surface area contributed by atoms with Crippen LogP contribution in [0.1, 0.15) is 15.9 Å². The summed E-state index contributed by atoms with van der Waals surface area (Å²) in [5, 5.41) is 9.63. The Hall–Kier alpha value is -1.88. The molecular weight excluding hydrogens is 325 g/mol. The van der Waals surface area contributed by atoms with Crippen molar-refractivity contribution >= 4 is 21.8 Å². The zero-order chi connectivity index (χ0) is 14.7. The molecule has 0 aromatic heterocycles. The van der Waals surface area contributed by atoms with Gasteiger partial charge in [0.2, 0.25) is 0 Å². The smallest absolute Gasteiger partial charge is 0.257 e. The van der Waals surface area contributed by atoms with Crippen molar-refractivity contribution in [2.24, 2.45) is 0 Å². The lowest BCUT2D eigenvalue weighted by Crippen LogP contribution is -2.26. The maximum Gasteiger partial charge on any atom is 0.257 e. The van der Waals surface area contributed by atoms with Gasteiger partial charge in [-0.1, -0.05) is 34.1 Å². The number of rotatable bonds is 3. The van der Waals surface area contributed by atoms with E-state index in [9.17, 15) is 14.3 Å². The summed E-state index contributed by atoms with van der Waals surface area (Å²) >= 11 is 3.42. The van der Waals surface area contributed by atoms with Crippen molar-refractivity contribution < 1.29 is 14.3 Å². The van der Waals surface area contributed by atoms with Crippen molar-refractivity contribution in [3.8, 4) is 5.75 Å². The van der Waals surface area contributed by atoms with Gasteiger partial charge in [0.25, 0.3) is 5.91 Å². The number of phenolic OH excluding ortho intramolecular Hbond substituents is 1. The number of aromatic hydroxyl groups is 1. The highest BCUT2D eigenvalue weighted by Crippen LogP contribution is 2.22. The molecule has 0 saturated heterocycles. The van der Waals surface area contributed by atoms with Crippen LogP contribution in [0, 0.1) is 5.82 Å². The van der Waals surface area contributed by atoms with Gasteiger partial charge in [-0.3, -0.25) is 4.79 Å².